The van der Waals surface area contributed by atoms with E-state index in [-0.39, 0.29) is 30.0 Å². The fraction of sp³-hybridized carbons (Fsp3) is 0.556. The van der Waals surface area contributed by atoms with Crippen LogP contribution in [0, 0.1) is 0 Å². The van der Waals surface area contributed by atoms with Crippen molar-refractivity contribution in [3.8, 4) is 0 Å². The van der Waals surface area contributed by atoms with Crippen LogP contribution in [0.15, 0.2) is 24.3 Å². The molecule has 24 heavy (non-hydrogen) atoms. The number of hydrogen-bond acceptors (Lipinski definition) is 4. The number of likely N-dealkylation sites (tertiary alicyclic amines) is 1. The van der Waals surface area contributed by atoms with Crippen molar-refractivity contribution in [3.05, 3.63) is 35.4 Å². The van der Waals surface area contributed by atoms with E-state index in [0.29, 0.717) is 13.2 Å². The zero-order valence-corrected chi connectivity index (χ0v) is 14.0. The van der Waals surface area contributed by atoms with E-state index in [1.165, 1.54) is 0 Å². The Kier molecular flexibility index (Phi) is 5.16. The monoisotopic (exact) mass is 332 g/mol. The van der Waals surface area contributed by atoms with E-state index in [2.05, 4.69) is 11.8 Å². The first-order valence-electron chi connectivity index (χ1n) is 8.54. The molecule has 3 rings (SSSR count). The van der Waals surface area contributed by atoms with Gasteiger partial charge in [-0.2, -0.15) is 0 Å². The maximum atomic E-state index is 12.8. The molecule has 1 aromatic carbocycles. The molecule has 0 bridgehead atoms. The Morgan fingerprint density at radius 1 is 1.33 bits per heavy atom. The first-order valence-corrected chi connectivity index (χ1v) is 8.54. The number of hydrogen-bond donors (Lipinski definition) is 1. The molecule has 1 amide bonds. The molecule has 2 aliphatic rings. The Balaban J connectivity index is 1.71. The number of fused-ring (bicyclic) bond motifs is 1. The number of likely N-dealkylation sites (N-methyl/N-ethyl adjacent to an activating group) is 1. The van der Waals surface area contributed by atoms with Crippen LogP contribution in [0.2, 0.25) is 0 Å². The molecule has 2 atom stereocenters. The van der Waals surface area contributed by atoms with Gasteiger partial charge in [-0.3, -0.25) is 4.79 Å². The SMILES string of the molecule is CCN1CC[C@H]2OCCN(C(=O)Cc3cccc(C(=O)O)c3)[C@H]2C1. The Morgan fingerprint density at radius 3 is 2.92 bits per heavy atom. The van der Waals surface area contributed by atoms with Gasteiger partial charge in [-0.25, -0.2) is 4.79 Å². The fourth-order valence-electron chi connectivity index (χ4n) is 3.62. The van der Waals surface area contributed by atoms with Gasteiger partial charge in [-0.15, -0.1) is 0 Å². The predicted molar refractivity (Wildman–Crippen MR) is 89.1 cm³/mol. The van der Waals surface area contributed by atoms with Gasteiger partial charge >= 0.3 is 5.97 Å². The lowest BCUT2D eigenvalue weighted by Crippen LogP contribution is -2.61. The molecule has 0 aliphatic carbocycles. The van der Waals surface area contributed by atoms with Crippen LogP contribution in [-0.2, 0) is 16.0 Å². The Bertz CT molecular complexity index is 619. The number of piperidine rings is 1. The number of benzene rings is 1. The minimum atomic E-state index is -0.971. The standard InChI is InChI=1S/C18H24N2O4/c1-2-19-7-6-16-15(12-19)20(8-9-24-16)17(21)11-13-4-3-5-14(10-13)18(22)23/h3-5,10,15-16H,2,6-9,11-12H2,1H3,(H,22,23)/t15-,16+/m0/s1. The summed E-state index contributed by atoms with van der Waals surface area (Å²) in [5.74, 6) is -0.921. The third-order valence-electron chi connectivity index (χ3n) is 4.97. The predicted octanol–water partition coefficient (Wildman–Crippen LogP) is 1.25. The van der Waals surface area contributed by atoms with Crippen LogP contribution in [-0.4, -0.2) is 71.7 Å². The number of carbonyl (C=O) groups is 2. The lowest BCUT2D eigenvalue weighted by molar-refractivity contribution is -0.151. The molecule has 0 radical (unpaired) electrons. The first-order chi connectivity index (χ1) is 11.6. The van der Waals surface area contributed by atoms with E-state index >= 15 is 0 Å². The summed E-state index contributed by atoms with van der Waals surface area (Å²) in [5.41, 5.74) is 0.959. The Morgan fingerprint density at radius 2 is 2.17 bits per heavy atom. The number of nitrogens with zero attached hydrogens (tertiary/aromatic N) is 2. The molecule has 0 unspecified atom stereocenters. The van der Waals surface area contributed by atoms with Crippen LogP contribution in [0.3, 0.4) is 0 Å². The molecule has 130 valence electrons. The minimum absolute atomic E-state index is 0.0498. The maximum absolute atomic E-state index is 12.8. The highest BCUT2D eigenvalue weighted by Crippen LogP contribution is 2.24. The highest BCUT2D eigenvalue weighted by Gasteiger charge is 2.38. The molecule has 1 aromatic rings. The Hall–Kier alpha value is -1.92. The summed E-state index contributed by atoms with van der Waals surface area (Å²) in [6.45, 7) is 6.16. The normalized spacial score (nSPS) is 24.5. The van der Waals surface area contributed by atoms with E-state index < -0.39 is 5.97 Å². The number of rotatable bonds is 4. The van der Waals surface area contributed by atoms with E-state index in [9.17, 15) is 9.59 Å². The third-order valence-corrected chi connectivity index (χ3v) is 4.97. The average Bonchev–Trinajstić information content (AvgIpc) is 2.60. The average molecular weight is 332 g/mol. The fourth-order valence-corrected chi connectivity index (χ4v) is 3.62. The Labute approximate surface area is 142 Å². The summed E-state index contributed by atoms with van der Waals surface area (Å²) < 4.78 is 5.86. The van der Waals surface area contributed by atoms with Gasteiger partial charge in [0.05, 0.1) is 30.7 Å². The van der Waals surface area contributed by atoms with Gasteiger partial charge in [-0.05, 0) is 30.7 Å². The number of amides is 1. The number of aromatic carboxylic acids is 1. The molecule has 6 nitrogen and oxygen atoms in total. The van der Waals surface area contributed by atoms with Gasteiger partial charge in [0.25, 0.3) is 0 Å². The molecule has 2 aliphatic heterocycles. The molecule has 2 saturated heterocycles. The van der Waals surface area contributed by atoms with Crippen molar-refractivity contribution in [1.82, 2.24) is 9.80 Å². The molecule has 0 spiro atoms. The third kappa shape index (κ3) is 3.60. The zero-order valence-electron chi connectivity index (χ0n) is 14.0. The molecular weight excluding hydrogens is 308 g/mol. The molecule has 1 N–H and O–H groups in total. The second-order valence-corrected chi connectivity index (χ2v) is 6.43. The number of morpholine rings is 1. The number of carbonyl (C=O) groups excluding carboxylic acids is 1. The first kappa shape index (κ1) is 16.9. The van der Waals surface area contributed by atoms with Gasteiger partial charge in [0.15, 0.2) is 0 Å². The summed E-state index contributed by atoms with van der Waals surface area (Å²) in [6.07, 6.45) is 1.31. The van der Waals surface area contributed by atoms with Crippen LogP contribution in [0.1, 0.15) is 29.3 Å². The van der Waals surface area contributed by atoms with Gasteiger partial charge < -0.3 is 19.6 Å². The quantitative estimate of drug-likeness (QED) is 0.899. The second-order valence-electron chi connectivity index (χ2n) is 6.43. The van der Waals surface area contributed by atoms with Gasteiger partial charge in [0, 0.05) is 19.6 Å². The largest absolute Gasteiger partial charge is 0.478 e. The van der Waals surface area contributed by atoms with Gasteiger partial charge in [0.1, 0.15) is 0 Å². The van der Waals surface area contributed by atoms with Crippen molar-refractivity contribution in [2.75, 3.05) is 32.8 Å². The van der Waals surface area contributed by atoms with Gasteiger partial charge in [0.2, 0.25) is 5.91 Å². The van der Waals surface area contributed by atoms with E-state index in [1.54, 1.807) is 18.2 Å². The van der Waals surface area contributed by atoms with Crippen molar-refractivity contribution in [1.29, 1.82) is 0 Å². The summed E-state index contributed by atoms with van der Waals surface area (Å²) in [4.78, 5) is 28.2. The smallest absolute Gasteiger partial charge is 0.335 e. The topological polar surface area (TPSA) is 70.1 Å². The van der Waals surface area contributed by atoms with Crippen LogP contribution >= 0.6 is 0 Å². The molecule has 0 saturated carbocycles. The maximum Gasteiger partial charge on any atom is 0.335 e. The summed E-state index contributed by atoms with van der Waals surface area (Å²) in [7, 11) is 0. The van der Waals surface area contributed by atoms with Crippen LogP contribution in [0.4, 0.5) is 0 Å². The highest BCUT2D eigenvalue weighted by atomic mass is 16.5. The van der Waals surface area contributed by atoms with Gasteiger partial charge in [-0.1, -0.05) is 19.1 Å². The molecule has 0 aromatic heterocycles. The summed E-state index contributed by atoms with van der Waals surface area (Å²) in [5, 5.41) is 9.09. The zero-order chi connectivity index (χ0) is 17.1. The molecular formula is C18H24N2O4. The summed E-state index contributed by atoms with van der Waals surface area (Å²) >= 11 is 0. The van der Waals surface area contributed by atoms with Crippen molar-refractivity contribution >= 4 is 11.9 Å². The van der Waals surface area contributed by atoms with Crippen molar-refractivity contribution < 1.29 is 19.4 Å². The van der Waals surface area contributed by atoms with Crippen molar-refractivity contribution in [2.24, 2.45) is 0 Å². The lowest BCUT2D eigenvalue weighted by Gasteiger charge is -2.47. The lowest BCUT2D eigenvalue weighted by atomic mass is 9.97. The molecule has 6 heteroatoms. The molecule has 2 heterocycles. The molecule has 2 fully saturated rings. The van der Waals surface area contributed by atoms with Crippen LogP contribution in [0.25, 0.3) is 0 Å². The summed E-state index contributed by atoms with van der Waals surface area (Å²) in [6, 6.07) is 6.72. The van der Waals surface area contributed by atoms with E-state index in [1.807, 2.05) is 11.0 Å². The number of carboxylic acid groups (broad SMARTS) is 1. The highest BCUT2D eigenvalue weighted by molar-refractivity contribution is 5.88. The van der Waals surface area contributed by atoms with Crippen molar-refractivity contribution in [3.63, 3.8) is 0 Å². The van der Waals surface area contributed by atoms with Crippen LogP contribution in [0.5, 0.6) is 0 Å². The van der Waals surface area contributed by atoms with Crippen molar-refractivity contribution in [2.45, 2.75) is 31.9 Å². The number of carboxylic acids is 1. The van der Waals surface area contributed by atoms with E-state index in [0.717, 1.165) is 31.6 Å². The second kappa shape index (κ2) is 7.32. The number of ether oxygens (including phenoxy) is 1. The van der Waals surface area contributed by atoms with Crippen LogP contribution < -0.4 is 0 Å². The minimum Gasteiger partial charge on any atom is -0.478 e. The van der Waals surface area contributed by atoms with E-state index in [4.69, 9.17) is 9.84 Å².